The molecule has 20 heavy (non-hydrogen) atoms. The van der Waals surface area contributed by atoms with Gasteiger partial charge in [0, 0.05) is 18.2 Å². The topological polar surface area (TPSA) is 64.3 Å². The minimum absolute atomic E-state index is 0.0169. The lowest BCUT2D eigenvalue weighted by Gasteiger charge is -2.23. The first-order valence-corrected chi connectivity index (χ1v) is 7.08. The van der Waals surface area contributed by atoms with Crippen LogP contribution in [-0.4, -0.2) is 18.5 Å². The van der Waals surface area contributed by atoms with Crippen molar-refractivity contribution in [3.63, 3.8) is 0 Å². The summed E-state index contributed by atoms with van der Waals surface area (Å²) in [4.78, 5) is 12.1. The Morgan fingerprint density at radius 2 is 2.05 bits per heavy atom. The number of rotatable bonds is 4. The summed E-state index contributed by atoms with van der Waals surface area (Å²) in [5.41, 5.74) is 9.18. The molecule has 0 aliphatic carbocycles. The number of amides is 1. The quantitative estimate of drug-likeness (QED) is 0.886. The molecule has 1 aliphatic heterocycles. The third-order valence-electron chi connectivity index (χ3n) is 3.38. The molecular formula is C16H24N2O2. The van der Waals surface area contributed by atoms with Crippen molar-refractivity contribution in [1.82, 2.24) is 5.32 Å². The number of carbonyl (C=O) groups excluding carboxylic acids is 1. The van der Waals surface area contributed by atoms with E-state index in [-0.39, 0.29) is 17.4 Å². The number of hydrogen-bond donors (Lipinski definition) is 2. The SMILES string of the molecule is CC(C)(C)CC(N)CNC(=O)c1ccc2c(c1)COC2. The molecule has 1 aromatic rings. The number of nitrogens with two attached hydrogens (primary N) is 1. The van der Waals surface area contributed by atoms with Crippen LogP contribution < -0.4 is 11.1 Å². The average molecular weight is 276 g/mol. The number of hydrogen-bond acceptors (Lipinski definition) is 3. The molecule has 1 heterocycles. The maximum Gasteiger partial charge on any atom is 0.251 e. The lowest BCUT2D eigenvalue weighted by Crippen LogP contribution is -2.39. The molecule has 4 nitrogen and oxygen atoms in total. The Bertz CT molecular complexity index is 492. The van der Waals surface area contributed by atoms with Crippen molar-refractivity contribution in [2.45, 2.75) is 46.4 Å². The number of carbonyl (C=O) groups is 1. The lowest BCUT2D eigenvalue weighted by molar-refractivity contribution is 0.0948. The van der Waals surface area contributed by atoms with Crippen LogP contribution in [0.15, 0.2) is 18.2 Å². The van der Waals surface area contributed by atoms with Gasteiger partial charge in [0.1, 0.15) is 0 Å². The molecule has 0 saturated heterocycles. The maximum atomic E-state index is 12.1. The van der Waals surface area contributed by atoms with E-state index in [9.17, 15) is 4.79 Å². The molecule has 0 radical (unpaired) electrons. The van der Waals surface area contributed by atoms with Crippen molar-refractivity contribution in [3.8, 4) is 0 Å². The fourth-order valence-electron chi connectivity index (χ4n) is 2.50. The van der Waals surface area contributed by atoms with Crippen LogP contribution >= 0.6 is 0 Å². The normalized spacial score (nSPS) is 15.8. The van der Waals surface area contributed by atoms with E-state index in [0.717, 1.165) is 12.0 Å². The van der Waals surface area contributed by atoms with Crippen LogP contribution in [0.1, 0.15) is 48.7 Å². The first kappa shape index (κ1) is 15.0. The second kappa shape index (κ2) is 5.94. The van der Waals surface area contributed by atoms with E-state index >= 15 is 0 Å². The van der Waals surface area contributed by atoms with Gasteiger partial charge in [-0.2, -0.15) is 0 Å². The molecule has 0 spiro atoms. The minimum atomic E-state index is -0.0657. The molecule has 0 bridgehead atoms. The highest BCUT2D eigenvalue weighted by molar-refractivity contribution is 5.94. The molecule has 1 unspecified atom stereocenters. The second-order valence-corrected chi connectivity index (χ2v) is 6.71. The molecule has 0 saturated carbocycles. The van der Waals surface area contributed by atoms with E-state index in [1.165, 1.54) is 5.56 Å². The summed E-state index contributed by atoms with van der Waals surface area (Å²) in [6.07, 6.45) is 0.880. The molecule has 1 aliphatic rings. The smallest absolute Gasteiger partial charge is 0.251 e. The third kappa shape index (κ3) is 4.05. The van der Waals surface area contributed by atoms with Gasteiger partial charge in [-0.3, -0.25) is 4.79 Å². The van der Waals surface area contributed by atoms with Crippen LogP contribution in [0.4, 0.5) is 0 Å². The number of nitrogens with one attached hydrogen (secondary N) is 1. The summed E-state index contributed by atoms with van der Waals surface area (Å²) in [6, 6.07) is 5.70. The van der Waals surface area contributed by atoms with Gasteiger partial charge < -0.3 is 15.8 Å². The highest BCUT2D eigenvalue weighted by atomic mass is 16.5. The lowest BCUT2D eigenvalue weighted by atomic mass is 9.88. The average Bonchev–Trinajstić information content (AvgIpc) is 2.80. The molecular weight excluding hydrogens is 252 g/mol. The number of benzene rings is 1. The summed E-state index contributed by atoms with van der Waals surface area (Å²) in [5.74, 6) is -0.0657. The van der Waals surface area contributed by atoms with Crippen molar-refractivity contribution < 1.29 is 9.53 Å². The van der Waals surface area contributed by atoms with E-state index in [1.807, 2.05) is 18.2 Å². The van der Waals surface area contributed by atoms with E-state index < -0.39 is 0 Å². The van der Waals surface area contributed by atoms with Crippen molar-refractivity contribution in [1.29, 1.82) is 0 Å². The molecule has 1 atom stereocenters. The second-order valence-electron chi connectivity index (χ2n) is 6.71. The Morgan fingerprint density at radius 1 is 1.35 bits per heavy atom. The van der Waals surface area contributed by atoms with Crippen LogP contribution in [0, 0.1) is 5.41 Å². The van der Waals surface area contributed by atoms with Gasteiger partial charge in [-0.25, -0.2) is 0 Å². The molecule has 3 N–H and O–H groups in total. The van der Waals surface area contributed by atoms with Crippen molar-refractivity contribution in [2.24, 2.45) is 11.1 Å². The Balaban J connectivity index is 1.89. The van der Waals surface area contributed by atoms with E-state index in [0.29, 0.717) is 25.3 Å². The van der Waals surface area contributed by atoms with Crippen molar-refractivity contribution >= 4 is 5.91 Å². The summed E-state index contributed by atoms with van der Waals surface area (Å²) in [5, 5.41) is 2.91. The van der Waals surface area contributed by atoms with Gasteiger partial charge in [-0.15, -0.1) is 0 Å². The Hall–Kier alpha value is -1.39. The van der Waals surface area contributed by atoms with Crippen LogP contribution in [0.5, 0.6) is 0 Å². The van der Waals surface area contributed by atoms with Gasteiger partial charge in [0.15, 0.2) is 0 Å². The summed E-state index contributed by atoms with van der Waals surface area (Å²) in [7, 11) is 0. The van der Waals surface area contributed by atoms with Crippen LogP contribution in [0.25, 0.3) is 0 Å². The van der Waals surface area contributed by atoms with Crippen molar-refractivity contribution in [2.75, 3.05) is 6.54 Å². The molecule has 1 aromatic carbocycles. The number of ether oxygens (including phenoxy) is 1. The summed E-state index contributed by atoms with van der Waals surface area (Å²) < 4.78 is 5.35. The predicted molar refractivity (Wildman–Crippen MR) is 79.3 cm³/mol. The Labute approximate surface area is 120 Å². The monoisotopic (exact) mass is 276 g/mol. The fourth-order valence-corrected chi connectivity index (χ4v) is 2.50. The molecule has 0 aromatic heterocycles. The van der Waals surface area contributed by atoms with Gasteiger partial charge in [-0.1, -0.05) is 26.8 Å². The summed E-state index contributed by atoms with van der Waals surface area (Å²) >= 11 is 0. The zero-order valence-corrected chi connectivity index (χ0v) is 12.5. The Kier molecular flexibility index (Phi) is 4.45. The number of fused-ring (bicyclic) bond motifs is 1. The fraction of sp³-hybridized carbons (Fsp3) is 0.562. The van der Waals surface area contributed by atoms with E-state index in [4.69, 9.17) is 10.5 Å². The zero-order valence-electron chi connectivity index (χ0n) is 12.5. The van der Waals surface area contributed by atoms with Crippen LogP contribution in [-0.2, 0) is 18.0 Å². The molecule has 1 amide bonds. The standard InChI is InChI=1S/C16H24N2O2/c1-16(2,3)7-14(17)8-18-15(19)11-4-5-12-9-20-10-13(12)6-11/h4-6,14H,7-10,17H2,1-3H3,(H,18,19). The van der Waals surface area contributed by atoms with E-state index in [1.54, 1.807) is 0 Å². The van der Waals surface area contributed by atoms with Gasteiger partial charge in [0.05, 0.1) is 13.2 Å². The third-order valence-corrected chi connectivity index (χ3v) is 3.38. The van der Waals surface area contributed by atoms with Gasteiger partial charge in [0.2, 0.25) is 0 Å². The maximum absolute atomic E-state index is 12.1. The Morgan fingerprint density at radius 3 is 2.75 bits per heavy atom. The molecule has 0 fully saturated rings. The predicted octanol–water partition coefficient (Wildman–Crippen LogP) is 2.21. The highest BCUT2D eigenvalue weighted by Crippen LogP contribution is 2.21. The van der Waals surface area contributed by atoms with Gasteiger partial charge in [-0.05, 0) is 35.1 Å². The van der Waals surface area contributed by atoms with Crippen LogP contribution in [0.3, 0.4) is 0 Å². The van der Waals surface area contributed by atoms with Crippen LogP contribution in [0.2, 0.25) is 0 Å². The highest BCUT2D eigenvalue weighted by Gasteiger charge is 2.17. The summed E-state index contributed by atoms with van der Waals surface area (Å²) in [6.45, 7) is 8.19. The largest absolute Gasteiger partial charge is 0.372 e. The molecule has 110 valence electrons. The first-order chi connectivity index (χ1) is 9.35. The van der Waals surface area contributed by atoms with Crippen molar-refractivity contribution in [3.05, 3.63) is 34.9 Å². The van der Waals surface area contributed by atoms with Gasteiger partial charge in [0.25, 0.3) is 5.91 Å². The van der Waals surface area contributed by atoms with Gasteiger partial charge >= 0.3 is 0 Å². The molecule has 4 heteroatoms. The minimum Gasteiger partial charge on any atom is -0.372 e. The van der Waals surface area contributed by atoms with E-state index in [2.05, 4.69) is 26.1 Å². The molecule has 2 rings (SSSR count). The zero-order chi connectivity index (χ0) is 14.8. The first-order valence-electron chi connectivity index (χ1n) is 7.08.